The maximum Gasteiger partial charge on any atom is 0.143 e. The summed E-state index contributed by atoms with van der Waals surface area (Å²) in [5, 5.41) is 3.72. The average molecular weight is 302 g/mol. The summed E-state index contributed by atoms with van der Waals surface area (Å²) in [5.74, 6) is 7.71. The van der Waals surface area contributed by atoms with Crippen LogP contribution in [0.1, 0.15) is 31.2 Å². The highest BCUT2D eigenvalue weighted by Crippen LogP contribution is 2.32. The van der Waals surface area contributed by atoms with Gasteiger partial charge in [-0.05, 0) is 31.1 Å². The predicted molar refractivity (Wildman–Crippen MR) is 89.8 cm³/mol. The molecule has 2 rings (SSSR count). The summed E-state index contributed by atoms with van der Waals surface area (Å²) in [6, 6.07) is 3.68. The number of allylic oxidation sites excluding steroid dienone is 1. The molecule has 1 aliphatic rings. The minimum absolute atomic E-state index is 0.505. The van der Waals surface area contributed by atoms with Gasteiger partial charge >= 0.3 is 0 Å². The van der Waals surface area contributed by atoms with Gasteiger partial charge in [0, 0.05) is 17.2 Å². The number of benzene rings is 1. The smallest absolute Gasteiger partial charge is 0.143 e. The number of hydrogen-bond donors (Lipinski definition) is 1. The van der Waals surface area contributed by atoms with Crippen LogP contribution >= 0.6 is 11.6 Å². The third-order valence-electron chi connectivity index (χ3n) is 3.60. The number of hydrogen-bond acceptors (Lipinski definition) is 2. The molecular formula is C18H20ClNO. The Bertz CT molecular complexity index is 604. The van der Waals surface area contributed by atoms with E-state index in [4.69, 9.17) is 16.3 Å². The second-order valence-electron chi connectivity index (χ2n) is 5.14. The van der Waals surface area contributed by atoms with Crippen LogP contribution < -0.4 is 10.1 Å². The molecule has 1 aromatic rings. The van der Waals surface area contributed by atoms with Crippen LogP contribution in [0, 0.1) is 17.8 Å². The summed E-state index contributed by atoms with van der Waals surface area (Å²) in [5.41, 5.74) is 2.25. The zero-order valence-electron chi connectivity index (χ0n) is 12.3. The second-order valence-corrected chi connectivity index (χ2v) is 5.54. The number of ether oxygens (including phenoxy) is 1. The molecule has 0 aliphatic heterocycles. The summed E-state index contributed by atoms with van der Waals surface area (Å²) in [4.78, 5) is 0. The van der Waals surface area contributed by atoms with Crippen molar-refractivity contribution in [1.82, 2.24) is 0 Å². The van der Waals surface area contributed by atoms with Crippen LogP contribution in [-0.2, 0) is 0 Å². The van der Waals surface area contributed by atoms with E-state index in [-0.39, 0.29) is 0 Å². The number of halogens is 1. The van der Waals surface area contributed by atoms with E-state index in [9.17, 15) is 0 Å². The molecule has 0 saturated heterocycles. The molecule has 0 amide bonds. The van der Waals surface area contributed by atoms with Gasteiger partial charge in [-0.25, -0.2) is 0 Å². The number of methoxy groups -OCH3 is 1. The molecule has 1 aliphatic carbocycles. The molecule has 0 bridgehead atoms. The Balaban J connectivity index is 2.26. The van der Waals surface area contributed by atoms with Gasteiger partial charge in [-0.1, -0.05) is 49.4 Å². The Morgan fingerprint density at radius 3 is 2.76 bits per heavy atom. The van der Waals surface area contributed by atoms with Crippen molar-refractivity contribution in [1.29, 1.82) is 0 Å². The zero-order chi connectivity index (χ0) is 15.2. The lowest BCUT2D eigenvalue weighted by atomic mass is 10.1. The van der Waals surface area contributed by atoms with E-state index in [0.29, 0.717) is 22.4 Å². The highest BCUT2D eigenvalue weighted by Gasteiger charge is 2.12. The number of nitrogens with one attached hydrogen (secondary N) is 1. The fraction of sp³-hybridized carbons (Fsp3) is 0.333. The van der Waals surface area contributed by atoms with Crippen LogP contribution in [-0.4, -0.2) is 7.11 Å². The lowest BCUT2D eigenvalue weighted by Crippen LogP contribution is -1.99. The Labute approximate surface area is 131 Å². The Kier molecular flexibility index (Phi) is 5.36. The molecule has 0 heterocycles. The van der Waals surface area contributed by atoms with Crippen molar-refractivity contribution in [3.8, 4) is 17.6 Å². The van der Waals surface area contributed by atoms with Gasteiger partial charge in [0.2, 0.25) is 0 Å². The topological polar surface area (TPSA) is 21.3 Å². The van der Waals surface area contributed by atoms with Gasteiger partial charge in [-0.2, -0.15) is 0 Å². The van der Waals surface area contributed by atoms with Gasteiger partial charge in [0.05, 0.1) is 17.8 Å². The third-order valence-corrected chi connectivity index (χ3v) is 3.91. The van der Waals surface area contributed by atoms with Gasteiger partial charge in [-0.3, -0.25) is 0 Å². The normalized spacial score (nSPS) is 14.2. The molecule has 0 unspecified atom stereocenters. The molecule has 0 aromatic heterocycles. The lowest BCUT2D eigenvalue weighted by Gasteiger charge is -2.12. The predicted octanol–water partition coefficient (Wildman–Crippen LogP) is 5.00. The molecule has 21 heavy (non-hydrogen) atoms. The molecule has 0 spiro atoms. The second kappa shape index (κ2) is 7.24. The maximum atomic E-state index is 6.32. The third kappa shape index (κ3) is 4.06. The van der Waals surface area contributed by atoms with E-state index in [1.54, 1.807) is 13.2 Å². The maximum absolute atomic E-state index is 6.32. The summed E-state index contributed by atoms with van der Waals surface area (Å²) in [7, 11) is 1.62. The fourth-order valence-corrected chi connectivity index (χ4v) is 2.60. The first kappa shape index (κ1) is 15.5. The highest BCUT2D eigenvalue weighted by atomic mass is 35.5. The van der Waals surface area contributed by atoms with Crippen molar-refractivity contribution in [2.24, 2.45) is 5.92 Å². The van der Waals surface area contributed by atoms with Gasteiger partial charge < -0.3 is 10.1 Å². The highest BCUT2D eigenvalue weighted by molar-refractivity contribution is 6.32. The van der Waals surface area contributed by atoms with E-state index < -0.39 is 0 Å². The van der Waals surface area contributed by atoms with E-state index in [1.807, 2.05) is 12.1 Å². The molecule has 1 N–H and O–H groups in total. The van der Waals surface area contributed by atoms with Crippen molar-refractivity contribution in [2.75, 3.05) is 12.4 Å². The van der Waals surface area contributed by atoms with Crippen LogP contribution in [0.2, 0.25) is 5.02 Å². The summed E-state index contributed by atoms with van der Waals surface area (Å²) in [6.45, 7) is 7.50. The SMILES string of the molecule is C=CC(=C)Nc1cc(Cl)c(C#CC2CCCC2)cc1OC. The molecule has 0 atom stereocenters. The molecule has 110 valence electrons. The quantitative estimate of drug-likeness (QED) is 0.624. The first-order chi connectivity index (χ1) is 10.1. The molecule has 0 radical (unpaired) electrons. The van der Waals surface area contributed by atoms with Crippen molar-refractivity contribution < 1.29 is 4.74 Å². The van der Waals surface area contributed by atoms with Gasteiger partial charge in [-0.15, -0.1) is 0 Å². The molecular weight excluding hydrogens is 282 g/mol. The Morgan fingerprint density at radius 1 is 1.43 bits per heavy atom. The zero-order valence-corrected chi connectivity index (χ0v) is 13.1. The van der Waals surface area contributed by atoms with Crippen molar-refractivity contribution in [2.45, 2.75) is 25.7 Å². The minimum atomic E-state index is 0.505. The molecule has 1 aromatic carbocycles. The molecule has 2 nitrogen and oxygen atoms in total. The number of rotatable bonds is 4. The van der Waals surface area contributed by atoms with Crippen LogP contribution in [0.4, 0.5) is 5.69 Å². The van der Waals surface area contributed by atoms with Crippen molar-refractivity contribution in [3.63, 3.8) is 0 Å². The minimum Gasteiger partial charge on any atom is -0.495 e. The van der Waals surface area contributed by atoms with E-state index in [2.05, 4.69) is 30.3 Å². The van der Waals surface area contributed by atoms with Gasteiger partial charge in [0.15, 0.2) is 0 Å². The van der Waals surface area contributed by atoms with Crippen molar-refractivity contribution >= 4 is 17.3 Å². The van der Waals surface area contributed by atoms with Gasteiger partial charge in [0.25, 0.3) is 0 Å². The Hall–Kier alpha value is -1.85. The first-order valence-corrected chi connectivity index (χ1v) is 7.49. The van der Waals surface area contributed by atoms with E-state index in [1.165, 1.54) is 25.7 Å². The lowest BCUT2D eigenvalue weighted by molar-refractivity contribution is 0.416. The monoisotopic (exact) mass is 301 g/mol. The average Bonchev–Trinajstić information content (AvgIpc) is 2.99. The standard InChI is InChI=1S/C18H20ClNO/c1-4-13(2)20-17-12-16(19)15(11-18(17)21-3)10-9-14-7-5-6-8-14/h4,11-12,14,20H,1-2,5-8H2,3H3. The van der Waals surface area contributed by atoms with Crippen molar-refractivity contribution in [3.05, 3.63) is 47.6 Å². The Morgan fingerprint density at radius 2 is 2.14 bits per heavy atom. The summed E-state index contributed by atoms with van der Waals surface area (Å²) < 4.78 is 5.39. The van der Waals surface area contributed by atoms with Crippen LogP contribution in [0.5, 0.6) is 5.75 Å². The largest absolute Gasteiger partial charge is 0.495 e. The first-order valence-electron chi connectivity index (χ1n) is 7.11. The summed E-state index contributed by atoms with van der Waals surface area (Å²) >= 11 is 6.32. The molecule has 3 heteroatoms. The molecule has 1 saturated carbocycles. The van der Waals surface area contributed by atoms with Crippen LogP contribution in [0.3, 0.4) is 0 Å². The van der Waals surface area contributed by atoms with Gasteiger partial charge in [0.1, 0.15) is 5.75 Å². The van der Waals surface area contributed by atoms with Crippen LogP contribution in [0.25, 0.3) is 0 Å². The van der Waals surface area contributed by atoms with E-state index >= 15 is 0 Å². The van der Waals surface area contributed by atoms with Crippen LogP contribution in [0.15, 0.2) is 37.1 Å². The number of anilines is 1. The van der Waals surface area contributed by atoms with E-state index in [0.717, 1.165) is 11.3 Å². The molecule has 1 fully saturated rings. The summed E-state index contributed by atoms with van der Waals surface area (Å²) in [6.07, 6.45) is 6.59. The fourth-order valence-electron chi connectivity index (χ4n) is 2.39.